The Morgan fingerprint density at radius 3 is 1.68 bits per heavy atom. The molecule has 3 aromatic rings. The first-order valence-electron chi connectivity index (χ1n) is 23.2. The predicted octanol–water partition coefficient (Wildman–Crippen LogP) is 10.7. The Labute approximate surface area is 360 Å². The molecular weight excluding hydrogens is 749 g/mol. The van der Waals surface area contributed by atoms with Gasteiger partial charge in [-0.1, -0.05) is 104 Å². The fraction of sp³-hybridized carbons (Fsp3) is 0.623. The highest BCUT2D eigenvalue weighted by Crippen LogP contribution is 2.59. The van der Waals surface area contributed by atoms with Crippen molar-refractivity contribution in [3.63, 3.8) is 0 Å². The standard InChI is InChI=1S/C53H72O7/c1-34(2)36-14-19-44-38(28-36)16-21-46-50(44,5)24-10-26-52(46,7)48(56)23-18-40(54)31-58-42-12-9-13-43(30-42)59-32-41(55)33-60-49(57)53(8)27-11-25-51(6)45-20-15-37(35(3)4)29-39(45)17-22-47(51)53/h9,12-15,19-20,28-30,34-35,40-41,46-47,54-55H,10-11,16-18,21-27,31-33H2,1-8H3. The smallest absolute Gasteiger partial charge is 0.312 e. The maximum Gasteiger partial charge on any atom is 0.312 e. The summed E-state index contributed by atoms with van der Waals surface area (Å²) < 4.78 is 17.7. The summed E-state index contributed by atoms with van der Waals surface area (Å²) in [5, 5.41) is 21.8. The number of hydrogen-bond donors (Lipinski definition) is 2. The van der Waals surface area contributed by atoms with Gasteiger partial charge in [-0.25, -0.2) is 0 Å². The molecule has 8 unspecified atom stereocenters. The van der Waals surface area contributed by atoms with Crippen molar-refractivity contribution in [3.05, 3.63) is 94.0 Å². The Balaban J connectivity index is 0.867. The molecule has 7 heteroatoms. The summed E-state index contributed by atoms with van der Waals surface area (Å²) >= 11 is 0. The first-order valence-corrected chi connectivity index (χ1v) is 23.2. The molecule has 0 spiro atoms. The summed E-state index contributed by atoms with van der Waals surface area (Å²) in [6.45, 7) is 17.8. The third-order valence-electron chi connectivity index (χ3n) is 16.0. The molecule has 3 aromatic carbocycles. The molecule has 0 amide bonds. The lowest BCUT2D eigenvalue weighted by Crippen LogP contribution is -2.53. The van der Waals surface area contributed by atoms with Crippen LogP contribution in [0.3, 0.4) is 0 Å². The molecule has 2 saturated carbocycles. The van der Waals surface area contributed by atoms with Gasteiger partial charge in [-0.2, -0.15) is 0 Å². The topological polar surface area (TPSA) is 102 Å². The van der Waals surface area contributed by atoms with Crippen LogP contribution in [0.4, 0.5) is 0 Å². The van der Waals surface area contributed by atoms with Crippen molar-refractivity contribution in [1.82, 2.24) is 0 Å². The van der Waals surface area contributed by atoms with Crippen LogP contribution < -0.4 is 9.47 Å². The Morgan fingerprint density at radius 1 is 0.650 bits per heavy atom. The van der Waals surface area contributed by atoms with Crippen LogP contribution in [-0.2, 0) is 38.0 Å². The van der Waals surface area contributed by atoms with E-state index in [1.165, 1.54) is 33.4 Å². The number of rotatable bonds is 15. The van der Waals surface area contributed by atoms with E-state index < -0.39 is 23.0 Å². The molecule has 326 valence electrons. The van der Waals surface area contributed by atoms with Crippen LogP contribution in [0, 0.1) is 22.7 Å². The summed E-state index contributed by atoms with van der Waals surface area (Å²) in [5.41, 5.74) is 7.31. The second-order valence-electron chi connectivity index (χ2n) is 20.7. The van der Waals surface area contributed by atoms with Crippen LogP contribution in [0.5, 0.6) is 11.5 Å². The van der Waals surface area contributed by atoms with E-state index in [1.807, 2.05) is 0 Å². The third-order valence-corrected chi connectivity index (χ3v) is 16.0. The van der Waals surface area contributed by atoms with E-state index in [0.29, 0.717) is 36.2 Å². The first kappa shape index (κ1) is 44.4. The van der Waals surface area contributed by atoms with Gasteiger partial charge in [0.15, 0.2) is 0 Å². The number of benzene rings is 3. The Morgan fingerprint density at radius 2 is 1.15 bits per heavy atom. The van der Waals surface area contributed by atoms with E-state index >= 15 is 0 Å². The number of Topliss-reactive ketones (excluding diaryl/α,β-unsaturated/α-hetero) is 1. The van der Waals surface area contributed by atoms with Gasteiger partial charge in [0.1, 0.15) is 43.2 Å². The molecule has 2 fully saturated rings. The van der Waals surface area contributed by atoms with Crippen LogP contribution in [0.15, 0.2) is 60.7 Å². The summed E-state index contributed by atoms with van der Waals surface area (Å²) in [6.07, 6.45) is 8.66. The molecule has 4 aliphatic rings. The van der Waals surface area contributed by atoms with Crippen molar-refractivity contribution in [2.24, 2.45) is 22.7 Å². The molecule has 2 N–H and O–H groups in total. The van der Waals surface area contributed by atoms with E-state index in [1.54, 1.807) is 24.3 Å². The number of hydrogen-bond acceptors (Lipinski definition) is 7. The zero-order valence-electron chi connectivity index (χ0n) is 37.8. The highest BCUT2D eigenvalue weighted by atomic mass is 16.6. The molecule has 0 aromatic heterocycles. The van der Waals surface area contributed by atoms with Crippen molar-refractivity contribution >= 4 is 11.8 Å². The van der Waals surface area contributed by atoms with Crippen LogP contribution >= 0.6 is 0 Å². The lowest BCUT2D eigenvalue weighted by atomic mass is 9.48. The van der Waals surface area contributed by atoms with Crippen LogP contribution in [-0.4, -0.2) is 54.0 Å². The van der Waals surface area contributed by atoms with E-state index in [-0.39, 0.29) is 54.2 Å². The molecular formula is C53H72O7. The average molecular weight is 821 g/mol. The van der Waals surface area contributed by atoms with Crippen molar-refractivity contribution in [2.75, 3.05) is 19.8 Å². The van der Waals surface area contributed by atoms with E-state index in [9.17, 15) is 19.8 Å². The number of carbonyl (C=O) groups excluding carboxylic acids is 2. The molecule has 0 bridgehead atoms. The first-order chi connectivity index (χ1) is 28.5. The van der Waals surface area contributed by atoms with Crippen LogP contribution in [0.25, 0.3) is 0 Å². The average Bonchev–Trinajstić information content (AvgIpc) is 3.22. The monoisotopic (exact) mass is 821 g/mol. The summed E-state index contributed by atoms with van der Waals surface area (Å²) in [7, 11) is 0. The van der Waals surface area contributed by atoms with E-state index in [2.05, 4.69) is 91.8 Å². The van der Waals surface area contributed by atoms with Gasteiger partial charge in [-0.05, 0) is 145 Å². The molecule has 0 heterocycles. The number of fused-ring (bicyclic) bond motifs is 6. The van der Waals surface area contributed by atoms with Gasteiger partial charge in [-0.3, -0.25) is 9.59 Å². The molecule has 4 aliphatic carbocycles. The highest BCUT2D eigenvalue weighted by molar-refractivity contribution is 5.85. The maximum absolute atomic E-state index is 14.0. The number of aliphatic hydroxyl groups is 2. The molecule has 7 nitrogen and oxygen atoms in total. The number of aryl methyl sites for hydroxylation is 2. The van der Waals surface area contributed by atoms with Gasteiger partial charge < -0.3 is 24.4 Å². The summed E-state index contributed by atoms with van der Waals surface area (Å²) in [4.78, 5) is 27.8. The van der Waals surface area contributed by atoms with Gasteiger partial charge in [-0.15, -0.1) is 0 Å². The second-order valence-corrected chi connectivity index (χ2v) is 20.7. The quantitative estimate of drug-likeness (QED) is 0.147. The minimum atomic E-state index is -0.997. The molecule has 0 aliphatic heterocycles. The summed E-state index contributed by atoms with van der Waals surface area (Å²) in [5.74, 6) is 2.49. The largest absolute Gasteiger partial charge is 0.491 e. The van der Waals surface area contributed by atoms with Gasteiger partial charge in [0, 0.05) is 17.9 Å². The van der Waals surface area contributed by atoms with Gasteiger partial charge in [0.2, 0.25) is 0 Å². The number of aliphatic hydroxyl groups excluding tert-OH is 2. The normalized spacial score (nSPS) is 29.4. The van der Waals surface area contributed by atoms with Gasteiger partial charge >= 0.3 is 5.97 Å². The predicted molar refractivity (Wildman–Crippen MR) is 238 cm³/mol. The minimum Gasteiger partial charge on any atom is -0.491 e. The van der Waals surface area contributed by atoms with Gasteiger partial charge in [0.25, 0.3) is 0 Å². The Bertz CT molecular complexity index is 1880. The van der Waals surface area contributed by atoms with Crippen molar-refractivity contribution in [3.8, 4) is 11.5 Å². The SMILES string of the molecule is CC(C)c1ccc2c(c1)CCC1C(C)(C(=O)CCC(O)COc3cccc(OCC(O)COC(=O)C4(C)CCCC5(C)c6ccc(C(C)C)cc6CCC45)c3)CCCC21C. The molecule has 0 radical (unpaired) electrons. The fourth-order valence-corrected chi connectivity index (χ4v) is 12.4. The second kappa shape index (κ2) is 17.6. The lowest BCUT2D eigenvalue weighted by molar-refractivity contribution is -0.168. The van der Waals surface area contributed by atoms with Crippen molar-refractivity contribution in [1.29, 1.82) is 0 Å². The molecule has 8 atom stereocenters. The third kappa shape index (κ3) is 8.56. The van der Waals surface area contributed by atoms with Crippen molar-refractivity contribution < 1.29 is 34.0 Å². The maximum atomic E-state index is 14.0. The fourth-order valence-electron chi connectivity index (χ4n) is 12.4. The Hall–Kier alpha value is -3.68. The van der Waals surface area contributed by atoms with E-state index in [0.717, 1.165) is 64.2 Å². The van der Waals surface area contributed by atoms with Crippen molar-refractivity contribution in [2.45, 2.75) is 167 Å². The van der Waals surface area contributed by atoms with Crippen LogP contribution in [0.2, 0.25) is 0 Å². The van der Waals surface area contributed by atoms with Crippen LogP contribution in [0.1, 0.15) is 165 Å². The number of ether oxygens (including phenoxy) is 3. The molecule has 7 rings (SSSR count). The minimum absolute atomic E-state index is 0.0158. The number of esters is 1. The Kier molecular flexibility index (Phi) is 13.0. The zero-order chi connectivity index (χ0) is 43.0. The lowest BCUT2D eigenvalue weighted by Gasteiger charge is -2.55. The summed E-state index contributed by atoms with van der Waals surface area (Å²) in [6, 6.07) is 21.1. The molecule has 0 saturated heterocycles. The van der Waals surface area contributed by atoms with E-state index in [4.69, 9.17) is 14.2 Å². The number of carbonyl (C=O) groups is 2. The number of ketones is 1. The van der Waals surface area contributed by atoms with Gasteiger partial charge in [0.05, 0.1) is 11.5 Å². The molecule has 60 heavy (non-hydrogen) atoms. The zero-order valence-corrected chi connectivity index (χ0v) is 37.8. The highest BCUT2D eigenvalue weighted by Gasteiger charge is 2.56.